The van der Waals surface area contributed by atoms with E-state index in [4.69, 9.17) is 0 Å². The number of hydrogen-bond donors (Lipinski definition) is 1. The lowest BCUT2D eigenvalue weighted by Gasteiger charge is -2.08. The molecule has 0 heterocycles. The van der Waals surface area contributed by atoms with Gasteiger partial charge in [0.05, 0.1) is 5.56 Å². The van der Waals surface area contributed by atoms with E-state index in [1.54, 1.807) is 12.1 Å². The molecule has 2 aromatic carbocycles. The van der Waals surface area contributed by atoms with Gasteiger partial charge in [-0.15, -0.1) is 0 Å². The first kappa shape index (κ1) is 13.7. The van der Waals surface area contributed by atoms with E-state index in [0.717, 1.165) is 11.1 Å². The molecule has 0 atom stereocenters. The quantitative estimate of drug-likeness (QED) is 0.869. The van der Waals surface area contributed by atoms with Crippen LogP contribution in [0.2, 0.25) is 0 Å². The maximum atomic E-state index is 13.6. The second-order valence-corrected chi connectivity index (χ2v) is 5.29. The standard InChI is InChI=1S/C15H13BrFNO/c1-9-3-5-12(7-10(9)2)18-15(19)13-8-11(16)4-6-14(13)17/h3-8H,1-2H3,(H,18,19). The highest BCUT2D eigenvalue weighted by atomic mass is 79.9. The molecule has 1 N–H and O–H groups in total. The molecule has 2 aromatic rings. The van der Waals surface area contributed by atoms with E-state index in [1.165, 1.54) is 12.1 Å². The summed E-state index contributed by atoms with van der Waals surface area (Å²) in [6, 6.07) is 9.87. The number of carbonyl (C=O) groups excluding carboxylic acids is 1. The average molecular weight is 322 g/mol. The smallest absolute Gasteiger partial charge is 0.258 e. The molecule has 0 saturated carbocycles. The molecule has 0 fully saturated rings. The number of aryl methyl sites for hydroxylation is 2. The Morgan fingerprint density at radius 3 is 2.53 bits per heavy atom. The lowest BCUT2D eigenvalue weighted by atomic mass is 10.1. The van der Waals surface area contributed by atoms with Crippen LogP contribution in [0, 0.1) is 19.7 Å². The molecule has 0 radical (unpaired) electrons. The van der Waals surface area contributed by atoms with E-state index in [-0.39, 0.29) is 5.56 Å². The van der Waals surface area contributed by atoms with Crippen LogP contribution in [-0.2, 0) is 0 Å². The molecule has 1 amide bonds. The van der Waals surface area contributed by atoms with Crippen LogP contribution in [0.5, 0.6) is 0 Å². The molecule has 19 heavy (non-hydrogen) atoms. The molecule has 2 rings (SSSR count). The number of nitrogens with one attached hydrogen (secondary N) is 1. The summed E-state index contributed by atoms with van der Waals surface area (Å²) < 4.78 is 14.3. The summed E-state index contributed by atoms with van der Waals surface area (Å²) in [5.41, 5.74) is 2.90. The van der Waals surface area contributed by atoms with Crippen LogP contribution >= 0.6 is 15.9 Å². The first-order valence-electron chi connectivity index (χ1n) is 5.81. The number of rotatable bonds is 2. The van der Waals surface area contributed by atoms with Crippen LogP contribution in [0.25, 0.3) is 0 Å². The Balaban J connectivity index is 2.25. The fourth-order valence-electron chi connectivity index (χ4n) is 1.69. The van der Waals surface area contributed by atoms with Gasteiger partial charge < -0.3 is 5.32 Å². The van der Waals surface area contributed by atoms with Gasteiger partial charge >= 0.3 is 0 Å². The number of carbonyl (C=O) groups is 1. The van der Waals surface area contributed by atoms with Crippen molar-refractivity contribution in [2.24, 2.45) is 0 Å². The molecular weight excluding hydrogens is 309 g/mol. The predicted octanol–water partition coefficient (Wildman–Crippen LogP) is 4.46. The van der Waals surface area contributed by atoms with Gasteiger partial charge in [-0.05, 0) is 55.3 Å². The van der Waals surface area contributed by atoms with E-state index in [2.05, 4.69) is 21.2 Å². The maximum absolute atomic E-state index is 13.6. The molecule has 98 valence electrons. The Hall–Kier alpha value is -1.68. The molecule has 0 aromatic heterocycles. The van der Waals surface area contributed by atoms with Gasteiger partial charge in [-0.3, -0.25) is 4.79 Å². The van der Waals surface area contributed by atoms with Crippen LogP contribution in [0.3, 0.4) is 0 Å². The minimum atomic E-state index is -0.537. The van der Waals surface area contributed by atoms with Gasteiger partial charge in [-0.2, -0.15) is 0 Å². The summed E-state index contributed by atoms with van der Waals surface area (Å²) in [5, 5.41) is 2.69. The topological polar surface area (TPSA) is 29.1 Å². The van der Waals surface area contributed by atoms with E-state index in [1.807, 2.05) is 26.0 Å². The Morgan fingerprint density at radius 2 is 1.84 bits per heavy atom. The van der Waals surface area contributed by atoms with Crippen molar-refractivity contribution < 1.29 is 9.18 Å². The van der Waals surface area contributed by atoms with Crippen molar-refractivity contribution in [2.45, 2.75) is 13.8 Å². The van der Waals surface area contributed by atoms with Crippen molar-refractivity contribution in [1.29, 1.82) is 0 Å². The molecule has 0 spiro atoms. The van der Waals surface area contributed by atoms with E-state index >= 15 is 0 Å². The molecule has 0 aliphatic carbocycles. The van der Waals surface area contributed by atoms with Crippen molar-refractivity contribution in [3.8, 4) is 0 Å². The largest absolute Gasteiger partial charge is 0.322 e. The lowest BCUT2D eigenvalue weighted by Crippen LogP contribution is -2.13. The number of hydrogen-bond acceptors (Lipinski definition) is 1. The van der Waals surface area contributed by atoms with Gasteiger partial charge in [-0.1, -0.05) is 22.0 Å². The van der Waals surface area contributed by atoms with Crippen molar-refractivity contribution in [3.05, 3.63) is 63.4 Å². The van der Waals surface area contributed by atoms with Gasteiger partial charge in [0.1, 0.15) is 5.82 Å². The highest BCUT2D eigenvalue weighted by Crippen LogP contribution is 2.19. The Bertz CT molecular complexity index is 640. The van der Waals surface area contributed by atoms with Gasteiger partial charge in [-0.25, -0.2) is 4.39 Å². The van der Waals surface area contributed by atoms with Gasteiger partial charge in [0.2, 0.25) is 0 Å². The summed E-state index contributed by atoms with van der Waals surface area (Å²) in [6.45, 7) is 3.96. The number of amides is 1. The second-order valence-electron chi connectivity index (χ2n) is 4.38. The highest BCUT2D eigenvalue weighted by molar-refractivity contribution is 9.10. The molecular formula is C15H13BrFNO. The third-order valence-electron chi connectivity index (χ3n) is 2.94. The number of halogens is 2. The van der Waals surface area contributed by atoms with E-state index in [9.17, 15) is 9.18 Å². The van der Waals surface area contributed by atoms with Crippen LogP contribution in [0.15, 0.2) is 40.9 Å². The Labute approximate surface area is 119 Å². The monoisotopic (exact) mass is 321 g/mol. The molecule has 0 bridgehead atoms. The van der Waals surface area contributed by atoms with E-state index < -0.39 is 11.7 Å². The first-order chi connectivity index (χ1) is 8.97. The van der Waals surface area contributed by atoms with Crippen molar-refractivity contribution >= 4 is 27.5 Å². The summed E-state index contributed by atoms with van der Waals surface area (Å²) in [5.74, 6) is -0.994. The molecule has 0 aliphatic rings. The zero-order chi connectivity index (χ0) is 14.0. The Morgan fingerprint density at radius 1 is 1.11 bits per heavy atom. The van der Waals surface area contributed by atoms with Crippen LogP contribution in [-0.4, -0.2) is 5.91 Å². The molecule has 0 aliphatic heterocycles. The SMILES string of the molecule is Cc1ccc(NC(=O)c2cc(Br)ccc2F)cc1C. The van der Waals surface area contributed by atoms with E-state index in [0.29, 0.717) is 10.2 Å². The fraction of sp³-hybridized carbons (Fsp3) is 0.133. The zero-order valence-electron chi connectivity index (χ0n) is 10.6. The summed E-state index contributed by atoms with van der Waals surface area (Å²) >= 11 is 3.22. The van der Waals surface area contributed by atoms with Crippen LogP contribution in [0.4, 0.5) is 10.1 Å². The maximum Gasteiger partial charge on any atom is 0.258 e. The number of benzene rings is 2. The summed E-state index contributed by atoms with van der Waals surface area (Å²) in [4.78, 5) is 12.0. The lowest BCUT2D eigenvalue weighted by molar-refractivity contribution is 0.102. The van der Waals surface area contributed by atoms with Gasteiger partial charge in [0, 0.05) is 10.2 Å². The summed E-state index contributed by atoms with van der Waals surface area (Å²) in [6.07, 6.45) is 0. The third-order valence-corrected chi connectivity index (χ3v) is 3.43. The second kappa shape index (κ2) is 5.53. The van der Waals surface area contributed by atoms with Crippen molar-refractivity contribution in [3.63, 3.8) is 0 Å². The third kappa shape index (κ3) is 3.20. The molecule has 4 heteroatoms. The number of anilines is 1. The minimum absolute atomic E-state index is 0.0209. The average Bonchev–Trinajstić information content (AvgIpc) is 2.36. The Kier molecular flexibility index (Phi) is 4.00. The van der Waals surface area contributed by atoms with Crippen LogP contribution in [0.1, 0.15) is 21.5 Å². The first-order valence-corrected chi connectivity index (χ1v) is 6.60. The molecule has 2 nitrogen and oxygen atoms in total. The normalized spacial score (nSPS) is 10.3. The van der Waals surface area contributed by atoms with Crippen molar-refractivity contribution in [1.82, 2.24) is 0 Å². The highest BCUT2D eigenvalue weighted by Gasteiger charge is 2.12. The van der Waals surface area contributed by atoms with Crippen molar-refractivity contribution in [2.75, 3.05) is 5.32 Å². The predicted molar refractivity (Wildman–Crippen MR) is 78.0 cm³/mol. The van der Waals surface area contributed by atoms with Gasteiger partial charge in [0.15, 0.2) is 0 Å². The fourth-order valence-corrected chi connectivity index (χ4v) is 2.05. The molecule has 0 unspecified atom stereocenters. The minimum Gasteiger partial charge on any atom is -0.322 e. The van der Waals surface area contributed by atoms with Gasteiger partial charge in [0.25, 0.3) is 5.91 Å². The zero-order valence-corrected chi connectivity index (χ0v) is 12.2. The summed E-state index contributed by atoms with van der Waals surface area (Å²) in [7, 11) is 0. The molecule has 0 saturated heterocycles. The van der Waals surface area contributed by atoms with Crippen LogP contribution < -0.4 is 5.32 Å².